The van der Waals surface area contributed by atoms with Crippen LogP contribution in [0.3, 0.4) is 0 Å². The summed E-state index contributed by atoms with van der Waals surface area (Å²) in [6.45, 7) is 19.9. The molecule has 0 amide bonds. The van der Waals surface area contributed by atoms with E-state index in [1.54, 1.807) is 41.5 Å². The van der Waals surface area contributed by atoms with Crippen molar-refractivity contribution in [3.05, 3.63) is 12.7 Å². The van der Waals surface area contributed by atoms with Crippen molar-refractivity contribution >= 4 is 31.3 Å². The topological polar surface area (TPSA) is 260 Å². The van der Waals surface area contributed by atoms with Crippen molar-refractivity contribution in [1.82, 2.24) is 0 Å². The van der Waals surface area contributed by atoms with Crippen molar-refractivity contribution in [2.75, 3.05) is 19.8 Å². The van der Waals surface area contributed by atoms with E-state index < -0.39 is 124 Å². The smallest absolute Gasteiger partial charge is 0.372 e. The maximum atomic E-state index is 13.3. The predicted octanol–water partition coefficient (Wildman–Crippen LogP) is 6.35. The summed E-state index contributed by atoms with van der Waals surface area (Å²) in [6.07, 6.45) is -7.06. The highest BCUT2D eigenvalue weighted by Crippen LogP contribution is 2.54. The summed E-state index contributed by atoms with van der Waals surface area (Å²) >= 11 is 0. The maximum Gasteiger partial charge on any atom is 0.473 e. The van der Waals surface area contributed by atoms with Gasteiger partial charge in [-0.15, -0.1) is 6.58 Å². The van der Waals surface area contributed by atoms with Gasteiger partial charge in [0.15, 0.2) is 0 Å². The third kappa shape index (κ3) is 15.7. The van der Waals surface area contributed by atoms with Crippen LogP contribution in [0.5, 0.6) is 0 Å². The number of ether oxygens (including phenoxy) is 4. The first-order valence-electron chi connectivity index (χ1n) is 19.4. The van der Waals surface area contributed by atoms with E-state index in [1.807, 2.05) is 6.92 Å². The van der Waals surface area contributed by atoms with E-state index in [9.17, 15) is 37.8 Å². The van der Waals surface area contributed by atoms with E-state index in [1.165, 1.54) is 6.08 Å². The van der Waals surface area contributed by atoms with Gasteiger partial charge in [-0.25, -0.2) is 18.3 Å². The molecule has 0 aliphatic carbocycles. The van der Waals surface area contributed by atoms with Gasteiger partial charge < -0.3 is 38.5 Å². The van der Waals surface area contributed by atoms with Crippen LogP contribution in [0.4, 0.5) is 0 Å². The van der Waals surface area contributed by atoms with E-state index in [2.05, 4.69) is 27.4 Å². The summed E-state index contributed by atoms with van der Waals surface area (Å²) in [5.41, 5.74) is -1.18. The van der Waals surface area contributed by atoms with E-state index in [-0.39, 0.29) is 36.7 Å². The second-order valence-electron chi connectivity index (χ2n) is 17.5. The zero-order chi connectivity index (χ0) is 43.6. The molecule has 24 heteroatoms. The molecule has 0 aromatic heterocycles. The SMILES string of the molecule is C=CC(OP(=O)(O)OC1C[C@H](C)O[C@@H]1COP(=O)(O)OC1C[C@H](C)O[C@@H]1COP(=O)(O)OC1C[C@H](C)O[C@@H]1COP(=O)(O)OC(C)(C)C)[C@H]1O[C@@H](C)CC1C(C)(C)C. The molecule has 4 aliphatic heterocycles. The molecule has 0 radical (unpaired) electrons. The molecule has 4 fully saturated rings. The monoisotopic (exact) mass is 916 g/mol. The molecule has 4 aliphatic rings. The molecule has 17 atom stereocenters. The third-order valence-electron chi connectivity index (χ3n) is 9.85. The Hall–Kier alpha value is 0.0200. The summed E-state index contributed by atoms with van der Waals surface area (Å²) in [5, 5.41) is 0. The highest BCUT2D eigenvalue weighted by molar-refractivity contribution is 7.48. The van der Waals surface area contributed by atoms with Crippen molar-refractivity contribution in [3.63, 3.8) is 0 Å². The molecular weight excluding hydrogens is 852 g/mol. The van der Waals surface area contributed by atoms with E-state index >= 15 is 0 Å². The van der Waals surface area contributed by atoms with E-state index in [0.717, 1.165) is 6.42 Å². The van der Waals surface area contributed by atoms with Gasteiger partial charge in [0.1, 0.15) is 42.7 Å². The fourth-order valence-electron chi connectivity index (χ4n) is 7.46. The number of rotatable bonds is 20. The minimum atomic E-state index is -4.88. The molecule has 9 unspecified atom stereocenters. The average Bonchev–Trinajstić information content (AvgIpc) is 3.80. The van der Waals surface area contributed by atoms with Crippen LogP contribution in [0, 0.1) is 11.3 Å². The van der Waals surface area contributed by atoms with Gasteiger partial charge in [-0.05, 0) is 66.2 Å². The number of phosphoric ester groups is 4. The van der Waals surface area contributed by atoms with Crippen LogP contribution in [0.1, 0.15) is 94.9 Å². The molecule has 4 N–H and O–H groups in total. The summed E-state index contributed by atoms with van der Waals surface area (Å²) in [6, 6.07) is 0. The Bertz CT molecular complexity index is 1570. The molecule has 58 heavy (non-hydrogen) atoms. The summed E-state index contributed by atoms with van der Waals surface area (Å²) in [7, 11) is -19.0. The Kier molecular flexibility index (Phi) is 17.3. The Morgan fingerprint density at radius 1 is 0.603 bits per heavy atom. The maximum absolute atomic E-state index is 13.3. The third-order valence-corrected chi connectivity index (χ3v) is 14.2. The molecule has 340 valence electrons. The minimum Gasteiger partial charge on any atom is -0.372 e. The van der Waals surface area contributed by atoms with Crippen molar-refractivity contribution in [3.8, 4) is 0 Å². The van der Waals surface area contributed by atoms with Gasteiger partial charge >= 0.3 is 31.3 Å². The zero-order valence-corrected chi connectivity index (χ0v) is 38.4. The first kappa shape index (κ1) is 50.7. The van der Waals surface area contributed by atoms with Crippen molar-refractivity contribution in [2.24, 2.45) is 11.3 Å². The van der Waals surface area contributed by atoms with E-state index in [0.29, 0.717) is 0 Å². The van der Waals surface area contributed by atoms with Gasteiger partial charge in [-0.3, -0.25) is 36.2 Å². The van der Waals surface area contributed by atoms with Gasteiger partial charge in [0.05, 0.1) is 55.9 Å². The lowest BCUT2D eigenvalue weighted by Crippen LogP contribution is -2.38. The highest BCUT2D eigenvalue weighted by atomic mass is 31.2. The summed E-state index contributed by atoms with van der Waals surface area (Å²) < 4.78 is 118. The van der Waals surface area contributed by atoms with Crippen molar-refractivity contribution in [2.45, 2.75) is 174 Å². The lowest BCUT2D eigenvalue weighted by atomic mass is 9.75. The highest BCUT2D eigenvalue weighted by Gasteiger charge is 2.49. The summed E-state index contributed by atoms with van der Waals surface area (Å²) in [5.74, 6) is 0.00169. The molecule has 0 spiro atoms. The molecule has 0 saturated carbocycles. The van der Waals surface area contributed by atoms with Crippen LogP contribution in [0.15, 0.2) is 12.7 Å². The fraction of sp³-hybridized carbons (Fsp3) is 0.941. The van der Waals surface area contributed by atoms with Crippen LogP contribution < -0.4 is 0 Å². The van der Waals surface area contributed by atoms with Gasteiger partial charge in [-0.2, -0.15) is 0 Å². The van der Waals surface area contributed by atoms with Gasteiger partial charge in [0.2, 0.25) is 0 Å². The Labute approximate surface area is 341 Å². The largest absolute Gasteiger partial charge is 0.473 e. The van der Waals surface area contributed by atoms with Crippen LogP contribution in [0.25, 0.3) is 0 Å². The average molecular weight is 917 g/mol. The Morgan fingerprint density at radius 3 is 1.33 bits per heavy atom. The molecule has 4 heterocycles. The normalized spacial score (nSPS) is 38.2. The molecule has 0 bridgehead atoms. The lowest BCUT2D eigenvalue weighted by molar-refractivity contribution is -0.0527. The van der Waals surface area contributed by atoms with Gasteiger partial charge in [0.25, 0.3) is 0 Å². The Morgan fingerprint density at radius 2 is 0.966 bits per heavy atom. The fourth-order valence-corrected chi connectivity index (χ4v) is 11.6. The first-order valence-corrected chi connectivity index (χ1v) is 25.4. The van der Waals surface area contributed by atoms with Crippen molar-refractivity contribution in [1.29, 1.82) is 0 Å². The standard InChI is InChI=1S/C34H64O20P4/c1-12-25(32-24(33(6,7)8)13-20(2)49-32)50-58(41,42)53-28-16-23(5)47-30(28)18-44-56(37,38)51-26-14-21(3)46-29(26)17-43-55(35,36)52-27-15-22(4)48-31(27)19-45-57(39,40)54-34(9,10)11/h12,20-32H,1,13-19H2,2-11H3,(H,35,36)(H,37,38)(H,39,40)(H,41,42)/t20-,21-,22-,23-,24?,25?,26?,27?,28?,29+,30+,31+,32-/m0/s1. The van der Waals surface area contributed by atoms with E-state index in [4.69, 9.17) is 55.1 Å². The second-order valence-corrected chi connectivity index (χ2v) is 23.0. The van der Waals surface area contributed by atoms with Gasteiger partial charge in [-0.1, -0.05) is 26.8 Å². The first-order chi connectivity index (χ1) is 26.5. The number of hydrogen-bond acceptors (Lipinski definition) is 16. The van der Waals surface area contributed by atoms with Crippen molar-refractivity contribution < 1.29 is 93.0 Å². The lowest BCUT2D eigenvalue weighted by Gasteiger charge is -2.34. The quantitative estimate of drug-likeness (QED) is 0.0766. The molecule has 0 aromatic rings. The van der Waals surface area contributed by atoms with Crippen LogP contribution in [-0.4, -0.2) is 118 Å². The molecular formula is C34H64O20P4. The van der Waals surface area contributed by atoms with Gasteiger partial charge in [0, 0.05) is 19.3 Å². The number of hydrogen-bond donors (Lipinski definition) is 4. The predicted molar refractivity (Wildman–Crippen MR) is 206 cm³/mol. The van der Waals surface area contributed by atoms with Crippen LogP contribution in [-0.2, 0) is 73.4 Å². The zero-order valence-electron chi connectivity index (χ0n) is 34.8. The molecule has 4 rings (SSSR count). The van der Waals surface area contributed by atoms with Crippen LogP contribution >= 0.6 is 31.3 Å². The molecule has 4 saturated heterocycles. The second kappa shape index (κ2) is 19.8. The molecule has 0 aromatic carbocycles. The minimum absolute atomic E-state index is 0.00169. The summed E-state index contributed by atoms with van der Waals surface area (Å²) in [4.78, 5) is 42.2. The Balaban J connectivity index is 1.30. The molecule has 20 nitrogen and oxygen atoms in total. The number of phosphoric acid groups is 4. The van der Waals surface area contributed by atoms with Crippen LogP contribution in [0.2, 0.25) is 0 Å².